The molecule has 0 aromatic rings. The van der Waals surface area contributed by atoms with Crippen LogP contribution < -0.4 is 5.32 Å². The Morgan fingerprint density at radius 3 is 2.74 bits per heavy atom. The number of hydrogen-bond donors (Lipinski definition) is 1. The van der Waals surface area contributed by atoms with E-state index in [0.29, 0.717) is 18.5 Å². The fourth-order valence-corrected chi connectivity index (χ4v) is 3.86. The van der Waals surface area contributed by atoms with Gasteiger partial charge in [0.15, 0.2) is 0 Å². The van der Waals surface area contributed by atoms with Crippen LogP contribution in [0.3, 0.4) is 0 Å². The third-order valence-corrected chi connectivity index (χ3v) is 5.01. The molecule has 19 heavy (non-hydrogen) atoms. The average molecular weight is 266 g/mol. The van der Waals surface area contributed by atoms with E-state index in [9.17, 15) is 4.79 Å². The van der Waals surface area contributed by atoms with Crippen molar-refractivity contribution in [1.82, 2.24) is 20.0 Å². The first-order valence-corrected chi connectivity index (χ1v) is 7.65. The Morgan fingerprint density at radius 2 is 1.95 bits per heavy atom. The topological polar surface area (TPSA) is 38.8 Å². The number of rotatable bonds is 3. The molecule has 3 heterocycles. The highest BCUT2D eigenvalue weighted by atomic mass is 16.2. The lowest BCUT2D eigenvalue weighted by Gasteiger charge is -2.37. The molecule has 1 amide bonds. The van der Waals surface area contributed by atoms with Gasteiger partial charge in [-0.3, -0.25) is 9.69 Å². The van der Waals surface area contributed by atoms with E-state index in [1.165, 1.54) is 32.5 Å². The number of likely N-dealkylation sites (N-methyl/N-ethyl adjacent to an activating group) is 1. The van der Waals surface area contributed by atoms with Gasteiger partial charge in [-0.25, -0.2) is 0 Å². The average Bonchev–Trinajstić information content (AvgIpc) is 2.81. The molecule has 5 heteroatoms. The van der Waals surface area contributed by atoms with E-state index in [1.54, 1.807) is 0 Å². The van der Waals surface area contributed by atoms with Crippen LogP contribution in [0.15, 0.2) is 0 Å². The normalized spacial score (nSPS) is 34.8. The Morgan fingerprint density at radius 1 is 1.21 bits per heavy atom. The summed E-state index contributed by atoms with van der Waals surface area (Å²) >= 11 is 0. The highest BCUT2D eigenvalue weighted by Gasteiger charge is 2.36. The van der Waals surface area contributed by atoms with E-state index in [-0.39, 0.29) is 0 Å². The zero-order chi connectivity index (χ0) is 13.2. The summed E-state index contributed by atoms with van der Waals surface area (Å²) in [6.45, 7) is 7.95. The van der Waals surface area contributed by atoms with Crippen LogP contribution in [0.25, 0.3) is 0 Å². The van der Waals surface area contributed by atoms with Crippen molar-refractivity contribution in [1.29, 1.82) is 0 Å². The number of hydrogen-bond acceptors (Lipinski definition) is 4. The van der Waals surface area contributed by atoms with Gasteiger partial charge in [-0.1, -0.05) is 0 Å². The van der Waals surface area contributed by atoms with Crippen molar-refractivity contribution in [3.05, 3.63) is 0 Å². The first-order valence-electron chi connectivity index (χ1n) is 7.65. The molecule has 0 aromatic heterocycles. The van der Waals surface area contributed by atoms with Gasteiger partial charge in [0, 0.05) is 38.8 Å². The lowest BCUT2D eigenvalue weighted by Crippen LogP contribution is -2.52. The Kier molecular flexibility index (Phi) is 4.05. The van der Waals surface area contributed by atoms with Crippen molar-refractivity contribution in [2.75, 3.05) is 59.4 Å². The van der Waals surface area contributed by atoms with E-state index in [0.717, 1.165) is 32.1 Å². The van der Waals surface area contributed by atoms with E-state index >= 15 is 0 Å². The molecule has 3 saturated heterocycles. The quantitative estimate of drug-likeness (QED) is 0.743. The second-order valence-electron chi connectivity index (χ2n) is 6.25. The maximum absolute atomic E-state index is 12.3. The Hall–Kier alpha value is -0.650. The zero-order valence-corrected chi connectivity index (χ0v) is 12.0. The van der Waals surface area contributed by atoms with Gasteiger partial charge >= 0.3 is 0 Å². The molecular formula is C14H26N4O. The third-order valence-electron chi connectivity index (χ3n) is 5.01. The molecule has 3 aliphatic heterocycles. The lowest BCUT2D eigenvalue weighted by molar-refractivity contribution is -0.133. The predicted molar refractivity (Wildman–Crippen MR) is 75.0 cm³/mol. The summed E-state index contributed by atoms with van der Waals surface area (Å²) in [4.78, 5) is 19.2. The fourth-order valence-electron chi connectivity index (χ4n) is 3.86. The van der Waals surface area contributed by atoms with Crippen LogP contribution in [0.2, 0.25) is 0 Å². The third kappa shape index (κ3) is 2.93. The van der Waals surface area contributed by atoms with Gasteiger partial charge in [-0.2, -0.15) is 0 Å². The summed E-state index contributed by atoms with van der Waals surface area (Å²) in [7, 11) is 2.14. The van der Waals surface area contributed by atoms with Crippen LogP contribution >= 0.6 is 0 Å². The van der Waals surface area contributed by atoms with Crippen molar-refractivity contribution in [3.8, 4) is 0 Å². The first-order chi connectivity index (χ1) is 9.24. The van der Waals surface area contributed by atoms with E-state index < -0.39 is 0 Å². The highest BCUT2D eigenvalue weighted by Crippen LogP contribution is 2.29. The summed E-state index contributed by atoms with van der Waals surface area (Å²) in [5, 5.41) is 3.29. The summed E-state index contributed by atoms with van der Waals surface area (Å²) in [5.74, 6) is 1.10. The molecule has 3 rings (SSSR count). The minimum atomic E-state index is 0.310. The summed E-state index contributed by atoms with van der Waals surface area (Å²) in [6.07, 6.45) is 2.55. The minimum Gasteiger partial charge on any atom is -0.339 e. The second kappa shape index (κ2) is 5.77. The monoisotopic (exact) mass is 266 g/mol. The molecule has 0 aliphatic carbocycles. The Labute approximate surface area is 115 Å². The van der Waals surface area contributed by atoms with Crippen LogP contribution in [-0.4, -0.2) is 86.1 Å². The molecule has 0 radical (unpaired) electrons. The standard InChI is InChI=1S/C14H26N4O/c1-16(11-14(19)18-8-4-15-5-9-18)13-3-7-17-6-2-12(13)10-17/h12-13,15H,2-11H2,1H3. The summed E-state index contributed by atoms with van der Waals surface area (Å²) in [6, 6.07) is 0.616. The van der Waals surface area contributed by atoms with Crippen molar-refractivity contribution in [2.24, 2.45) is 5.92 Å². The number of piperidine rings is 1. The van der Waals surface area contributed by atoms with Crippen molar-refractivity contribution in [2.45, 2.75) is 18.9 Å². The van der Waals surface area contributed by atoms with Gasteiger partial charge < -0.3 is 15.1 Å². The van der Waals surface area contributed by atoms with Gasteiger partial charge in [0.05, 0.1) is 6.54 Å². The highest BCUT2D eigenvalue weighted by molar-refractivity contribution is 5.78. The smallest absolute Gasteiger partial charge is 0.236 e. The van der Waals surface area contributed by atoms with Gasteiger partial charge in [0.2, 0.25) is 5.91 Å². The van der Waals surface area contributed by atoms with Crippen LogP contribution in [0.4, 0.5) is 0 Å². The van der Waals surface area contributed by atoms with Crippen LogP contribution in [0.5, 0.6) is 0 Å². The molecular weight excluding hydrogens is 240 g/mol. The second-order valence-corrected chi connectivity index (χ2v) is 6.25. The molecule has 3 aliphatic rings. The molecule has 5 nitrogen and oxygen atoms in total. The molecule has 0 spiro atoms. The predicted octanol–water partition coefficient (Wildman–Crippen LogP) is -0.556. The number of nitrogens with zero attached hydrogens (tertiary/aromatic N) is 3. The van der Waals surface area contributed by atoms with Crippen LogP contribution in [0, 0.1) is 5.92 Å². The van der Waals surface area contributed by atoms with Gasteiger partial charge in [0.1, 0.15) is 0 Å². The van der Waals surface area contributed by atoms with Gasteiger partial charge in [-0.05, 0) is 38.9 Å². The van der Waals surface area contributed by atoms with Crippen LogP contribution in [-0.2, 0) is 4.79 Å². The number of nitrogens with one attached hydrogen (secondary N) is 1. The number of carbonyl (C=O) groups is 1. The lowest BCUT2D eigenvalue weighted by atomic mass is 9.93. The molecule has 2 bridgehead atoms. The van der Waals surface area contributed by atoms with Crippen LogP contribution in [0.1, 0.15) is 12.8 Å². The zero-order valence-electron chi connectivity index (χ0n) is 12.0. The summed E-state index contributed by atoms with van der Waals surface area (Å²) in [5.41, 5.74) is 0. The van der Waals surface area contributed by atoms with E-state index in [1.807, 2.05) is 4.90 Å². The largest absolute Gasteiger partial charge is 0.339 e. The number of piperazine rings is 1. The number of amides is 1. The maximum atomic E-state index is 12.3. The van der Waals surface area contributed by atoms with E-state index in [4.69, 9.17) is 0 Å². The minimum absolute atomic E-state index is 0.310. The van der Waals surface area contributed by atoms with Gasteiger partial charge in [0.25, 0.3) is 0 Å². The molecule has 108 valence electrons. The van der Waals surface area contributed by atoms with E-state index in [2.05, 4.69) is 22.2 Å². The molecule has 1 N–H and O–H groups in total. The summed E-state index contributed by atoms with van der Waals surface area (Å²) < 4.78 is 0. The first kappa shape index (κ1) is 13.3. The molecule has 3 atom stereocenters. The molecule has 3 unspecified atom stereocenters. The molecule has 3 fully saturated rings. The molecule has 0 aromatic carbocycles. The number of fused-ring (bicyclic) bond motifs is 2. The molecule has 0 saturated carbocycles. The SMILES string of the molecule is CN(CC(=O)N1CCNCC1)C1CCN2CCC1C2. The maximum Gasteiger partial charge on any atom is 0.236 e. The Balaban J connectivity index is 1.52. The van der Waals surface area contributed by atoms with Crippen molar-refractivity contribution >= 4 is 5.91 Å². The van der Waals surface area contributed by atoms with Gasteiger partial charge in [-0.15, -0.1) is 0 Å². The van der Waals surface area contributed by atoms with Crippen molar-refractivity contribution in [3.63, 3.8) is 0 Å². The number of carbonyl (C=O) groups excluding carboxylic acids is 1. The Bertz CT molecular complexity index is 329. The fraction of sp³-hybridized carbons (Fsp3) is 0.929. The van der Waals surface area contributed by atoms with Crippen molar-refractivity contribution < 1.29 is 4.79 Å².